The first-order valence-electron chi connectivity index (χ1n) is 41.1. The molecule has 14 nitrogen and oxygen atoms in total. The van der Waals surface area contributed by atoms with Gasteiger partial charge in [0.15, 0.2) is 12.6 Å². The summed E-state index contributed by atoms with van der Waals surface area (Å²) in [4.78, 5) is 13.4. The van der Waals surface area contributed by atoms with E-state index in [-0.39, 0.29) is 12.5 Å². The zero-order valence-corrected chi connectivity index (χ0v) is 63.4. The summed E-state index contributed by atoms with van der Waals surface area (Å²) in [5.41, 5.74) is 0. The third kappa shape index (κ3) is 50.9. The molecule has 2 rings (SSSR count). The van der Waals surface area contributed by atoms with Crippen molar-refractivity contribution in [1.82, 2.24) is 5.32 Å². The fraction of sp³-hybridized carbons (Fsp3) is 0.779. The number of amides is 1. The minimum absolute atomic E-state index is 0.209. The first-order chi connectivity index (χ1) is 49.1. The van der Waals surface area contributed by atoms with E-state index < -0.39 is 86.8 Å². The molecule has 0 aromatic heterocycles. The van der Waals surface area contributed by atoms with Crippen LogP contribution in [0.1, 0.15) is 335 Å². The monoisotopic (exact) mass is 1410 g/mol. The van der Waals surface area contributed by atoms with Crippen molar-refractivity contribution in [2.75, 3.05) is 19.8 Å². The maximum absolute atomic E-state index is 13.4. The third-order valence-electron chi connectivity index (χ3n) is 19.5. The molecule has 0 saturated carbocycles. The van der Waals surface area contributed by atoms with E-state index in [0.717, 1.165) is 109 Å². The van der Waals surface area contributed by atoms with Crippen LogP contribution in [0.15, 0.2) is 109 Å². The molecule has 1 amide bonds. The molecular formula is C86H151NO13. The second kappa shape index (κ2) is 68.7. The Balaban J connectivity index is 1.61. The molecular weight excluding hydrogens is 1250 g/mol. The van der Waals surface area contributed by atoms with Crippen molar-refractivity contribution in [3.8, 4) is 0 Å². The van der Waals surface area contributed by atoms with E-state index in [9.17, 15) is 45.6 Å². The minimum Gasteiger partial charge on any atom is -0.394 e. The van der Waals surface area contributed by atoms with Crippen LogP contribution in [0.25, 0.3) is 0 Å². The molecule has 9 N–H and O–H groups in total. The number of rotatable bonds is 68. The van der Waals surface area contributed by atoms with Crippen LogP contribution in [0.3, 0.4) is 0 Å². The minimum atomic E-state index is -1.79. The van der Waals surface area contributed by atoms with E-state index in [1.807, 2.05) is 0 Å². The van der Waals surface area contributed by atoms with Gasteiger partial charge in [-0.2, -0.15) is 0 Å². The van der Waals surface area contributed by atoms with Gasteiger partial charge in [0.1, 0.15) is 48.8 Å². The fourth-order valence-electron chi connectivity index (χ4n) is 13.1. The van der Waals surface area contributed by atoms with Gasteiger partial charge >= 0.3 is 0 Å². The Morgan fingerprint density at radius 1 is 0.370 bits per heavy atom. The Labute approximate surface area is 610 Å². The van der Waals surface area contributed by atoms with Gasteiger partial charge in [0.25, 0.3) is 0 Å². The van der Waals surface area contributed by atoms with E-state index in [1.165, 1.54) is 193 Å². The van der Waals surface area contributed by atoms with Crippen molar-refractivity contribution in [1.29, 1.82) is 0 Å². The van der Waals surface area contributed by atoms with Gasteiger partial charge in [0.2, 0.25) is 5.91 Å². The van der Waals surface area contributed by atoms with Crippen LogP contribution < -0.4 is 5.32 Å². The number of allylic oxidation sites excluding steroid dienone is 18. The summed E-state index contributed by atoms with van der Waals surface area (Å²) in [5.74, 6) is -0.209. The topological polar surface area (TPSA) is 228 Å². The lowest BCUT2D eigenvalue weighted by Gasteiger charge is -2.46. The maximum Gasteiger partial charge on any atom is 0.220 e. The number of carbonyl (C=O) groups is 1. The summed E-state index contributed by atoms with van der Waals surface area (Å²) in [6.07, 6.45) is 82.6. The van der Waals surface area contributed by atoms with Crippen molar-refractivity contribution in [3.05, 3.63) is 109 Å². The standard InChI is InChI=1S/C86H151NO13/c1-3-5-7-9-11-13-15-17-19-21-23-25-27-29-31-32-33-34-35-36-37-38-39-40-41-42-44-46-48-50-52-54-56-58-60-62-64-66-68-70-78(91)87-74(73-97-85-83(96)81(94)84(77(72-89)99-85)100-86-82(95)80(93)79(92)76(71-88)98-86)75(90)69-67-65-63-61-59-57-55-53-51-49-47-45-43-30-28-26-24-22-20-18-16-14-12-10-8-6-4-2/h5,7,11,13,17,19,23,25,29,31,33-34,36-37,39-40,42,44,74-77,79-86,88-90,92-96H,3-4,6,8-10,12,14-16,18,20-22,24,26-28,30,32,35,38,41,43,45-73H2,1-2H3,(H,87,91)/b7-5-,13-11-,19-17-,25-23-,31-29-,34-33-,37-36-,40-39-,44-42-. The van der Waals surface area contributed by atoms with Crippen molar-refractivity contribution < 1.29 is 64.6 Å². The molecule has 12 atom stereocenters. The highest BCUT2D eigenvalue weighted by atomic mass is 16.7. The molecule has 578 valence electrons. The van der Waals surface area contributed by atoms with E-state index in [1.54, 1.807) is 0 Å². The van der Waals surface area contributed by atoms with Crippen molar-refractivity contribution in [2.24, 2.45) is 0 Å². The van der Waals surface area contributed by atoms with Crippen molar-refractivity contribution in [2.45, 2.75) is 408 Å². The molecule has 0 aromatic carbocycles. The lowest BCUT2D eigenvalue weighted by atomic mass is 9.97. The lowest BCUT2D eigenvalue weighted by molar-refractivity contribution is -0.359. The molecule has 0 aromatic rings. The second-order valence-corrected chi connectivity index (χ2v) is 28.5. The van der Waals surface area contributed by atoms with Crippen LogP contribution in [-0.4, -0.2) is 140 Å². The van der Waals surface area contributed by atoms with Gasteiger partial charge in [0.05, 0.1) is 32.0 Å². The van der Waals surface area contributed by atoms with Gasteiger partial charge in [-0.3, -0.25) is 4.79 Å². The third-order valence-corrected chi connectivity index (χ3v) is 19.5. The summed E-state index contributed by atoms with van der Waals surface area (Å²) < 4.78 is 23.0. The summed E-state index contributed by atoms with van der Waals surface area (Å²) in [7, 11) is 0. The van der Waals surface area contributed by atoms with E-state index in [0.29, 0.717) is 19.3 Å². The fourth-order valence-corrected chi connectivity index (χ4v) is 13.1. The number of hydrogen-bond donors (Lipinski definition) is 9. The molecule has 0 bridgehead atoms. The van der Waals surface area contributed by atoms with Crippen molar-refractivity contribution in [3.63, 3.8) is 0 Å². The maximum atomic E-state index is 13.4. The molecule has 2 fully saturated rings. The predicted molar refractivity (Wildman–Crippen MR) is 415 cm³/mol. The first-order valence-corrected chi connectivity index (χ1v) is 41.1. The summed E-state index contributed by atoms with van der Waals surface area (Å²) in [5, 5.41) is 87.9. The van der Waals surface area contributed by atoms with Gasteiger partial charge in [-0.1, -0.05) is 354 Å². The molecule has 14 heteroatoms. The number of carbonyl (C=O) groups excluding carboxylic acids is 1. The van der Waals surface area contributed by atoms with Gasteiger partial charge in [0, 0.05) is 6.42 Å². The van der Waals surface area contributed by atoms with Crippen LogP contribution in [0.2, 0.25) is 0 Å². The highest BCUT2D eigenvalue weighted by molar-refractivity contribution is 5.76. The molecule has 0 aliphatic carbocycles. The Bertz CT molecular complexity index is 2100. The SMILES string of the molecule is CC/C=C\C/C=C\C/C=C\C/C=C\C/C=C\C/C=C\C/C=C\C/C=C\C/C=C\CCCCCCCCCCCCCC(=O)NC(COC1OC(CO)C(OC2OC(CO)C(O)C(O)C2O)C(O)C1O)C(O)CCCCCCCCCCCCCCCCCCCCCCCCCCCCC. The molecule has 2 heterocycles. The Hall–Kier alpha value is -3.35. The smallest absolute Gasteiger partial charge is 0.220 e. The van der Waals surface area contributed by atoms with Crippen LogP contribution in [0.5, 0.6) is 0 Å². The zero-order valence-electron chi connectivity index (χ0n) is 63.4. The van der Waals surface area contributed by atoms with Gasteiger partial charge in [-0.05, 0) is 83.5 Å². The molecule has 12 unspecified atom stereocenters. The molecule has 2 saturated heterocycles. The summed E-state index contributed by atoms with van der Waals surface area (Å²) in [6, 6.07) is -0.839. The van der Waals surface area contributed by atoms with Crippen LogP contribution in [0, 0.1) is 0 Å². The number of ether oxygens (including phenoxy) is 4. The molecule has 2 aliphatic heterocycles. The summed E-state index contributed by atoms with van der Waals surface area (Å²) >= 11 is 0. The summed E-state index contributed by atoms with van der Waals surface area (Å²) in [6.45, 7) is 2.79. The molecule has 2 aliphatic rings. The van der Waals surface area contributed by atoms with Crippen LogP contribution >= 0.6 is 0 Å². The number of aliphatic hydroxyl groups is 8. The highest BCUT2D eigenvalue weighted by Crippen LogP contribution is 2.30. The average molecular weight is 1410 g/mol. The lowest BCUT2D eigenvalue weighted by Crippen LogP contribution is -2.65. The molecule has 0 spiro atoms. The molecule has 100 heavy (non-hydrogen) atoms. The predicted octanol–water partition coefficient (Wildman–Crippen LogP) is 19.0. The van der Waals surface area contributed by atoms with Gasteiger partial charge in [-0.15, -0.1) is 0 Å². The molecule has 0 radical (unpaired) electrons. The van der Waals surface area contributed by atoms with Crippen LogP contribution in [-0.2, 0) is 23.7 Å². The average Bonchev–Trinajstić information content (AvgIpc) is 0.796. The Morgan fingerprint density at radius 2 is 0.690 bits per heavy atom. The highest BCUT2D eigenvalue weighted by Gasteiger charge is 2.51. The Morgan fingerprint density at radius 3 is 1.06 bits per heavy atom. The number of aliphatic hydroxyl groups excluding tert-OH is 8. The van der Waals surface area contributed by atoms with Gasteiger partial charge < -0.3 is 65.1 Å². The number of nitrogens with one attached hydrogen (secondary N) is 1. The number of unbranched alkanes of at least 4 members (excludes halogenated alkanes) is 37. The van der Waals surface area contributed by atoms with E-state index in [2.05, 4.69) is 129 Å². The Kier molecular flexibility index (Phi) is 63.7. The van der Waals surface area contributed by atoms with Crippen LogP contribution in [0.4, 0.5) is 0 Å². The van der Waals surface area contributed by atoms with Gasteiger partial charge in [-0.25, -0.2) is 0 Å². The largest absolute Gasteiger partial charge is 0.394 e. The van der Waals surface area contributed by atoms with E-state index >= 15 is 0 Å². The quantitative estimate of drug-likeness (QED) is 0.0204. The zero-order chi connectivity index (χ0) is 72.2. The normalized spacial score (nSPS) is 22.4. The van der Waals surface area contributed by atoms with Crippen molar-refractivity contribution >= 4 is 5.91 Å². The number of hydrogen-bond acceptors (Lipinski definition) is 13. The van der Waals surface area contributed by atoms with E-state index in [4.69, 9.17) is 18.9 Å². The first kappa shape index (κ1) is 92.7. The second-order valence-electron chi connectivity index (χ2n) is 28.5.